The lowest BCUT2D eigenvalue weighted by Gasteiger charge is -2.48. The molecule has 8 heteroatoms. The van der Waals surface area contributed by atoms with Crippen molar-refractivity contribution < 1.29 is 15.0 Å². The van der Waals surface area contributed by atoms with Crippen molar-refractivity contribution in [2.24, 2.45) is 0 Å². The topological polar surface area (TPSA) is 102 Å². The Hall–Kier alpha value is -2.87. The molecule has 0 saturated carbocycles. The molecule has 1 saturated heterocycles. The number of rotatable bonds is 4. The number of anilines is 3. The van der Waals surface area contributed by atoms with Crippen molar-refractivity contribution in [3.05, 3.63) is 42.2 Å². The summed E-state index contributed by atoms with van der Waals surface area (Å²) in [6.45, 7) is 1.69. The predicted octanol–water partition coefficient (Wildman–Crippen LogP) is 1.35. The molecule has 0 radical (unpaired) electrons. The highest BCUT2D eigenvalue weighted by Crippen LogP contribution is 2.38. The summed E-state index contributed by atoms with van der Waals surface area (Å²) in [4.78, 5) is 23.8. The van der Waals surface area contributed by atoms with Crippen LogP contribution in [0.1, 0.15) is 23.3 Å². The molecule has 4 rings (SSSR count). The molecule has 25 heavy (non-hydrogen) atoms. The zero-order chi connectivity index (χ0) is 17.4. The first kappa shape index (κ1) is 15.6. The molecule has 2 aliphatic rings. The summed E-state index contributed by atoms with van der Waals surface area (Å²) in [5.74, 6) is -0.0448. The third-order valence-corrected chi connectivity index (χ3v) is 4.65. The fraction of sp³-hybridized carbons (Fsp3) is 0.353. The van der Waals surface area contributed by atoms with Gasteiger partial charge >= 0.3 is 5.97 Å². The zero-order valence-electron chi connectivity index (χ0n) is 13.5. The minimum absolute atomic E-state index is 0.0324. The van der Waals surface area contributed by atoms with Crippen molar-refractivity contribution in [3.8, 4) is 0 Å². The summed E-state index contributed by atoms with van der Waals surface area (Å²) in [6.07, 6.45) is 2.52. The van der Waals surface area contributed by atoms with E-state index in [4.69, 9.17) is 0 Å². The molecule has 1 unspecified atom stereocenters. The Balaban J connectivity index is 1.72. The monoisotopic (exact) mass is 341 g/mol. The molecule has 4 heterocycles. The van der Waals surface area contributed by atoms with Gasteiger partial charge in [0.2, 0.25) is 6.35 Å². The number of aliphatic hydroxyl groups is 1. The van der Waals surface area contributed by atoms with E-state index in [1.54, 1.807) is 29.3 Å². The lowest BCUT2D eigenvalue weighted by atomic mass is 9.99. The lowest BCUT2D eigenvalue weighted by molar-refractivity contribution is 0.0690. The van der Waals surface area contributed by atoms with Gasteiger partial charge in [0.25, 0.3) is 0 Å². The first-order valence-electron chi connectivity index (χ1n) is 8.27. The second kappa shape index (κ2) is 6.21. The maximum absolute atomic E-state index is 11.3. The third kappa shape index (κ3) is 2.85. The molecule has 2 aromatic rings. The fourth-order valence-electron chi connectivity index (χ4n) is 3.54. The van der Waals surface area contributed by atoms with Gasteiger partial charge in [-0.05, 0) is 37.1 Å². The molecule has 130 valence electrons. The third-order valence-electron chi connectivity index (χ3n) is 4.65. The van der Waals surface area contributed by atoms with Crippen molar-refractivity contribution >= 4 is 23.3 Å². The van der Waals surface area contributed by atoms with E-state index in [0.717, 1.165) is 31.6 Å². The van der Waals surface area contributed by atoms with Crippen LogP contribution in [-0.4, -0.2) is 51.6 Å². The molecule has 0 aliphatic carbocycles. The molecule has 2 atom stereocenters. The number of aromatic carboxylic acids is 1. The molecule has 2 bridgehead atoms. The number of carboxylic acid groups (broad SMARTS) is 1. The molecular formula is C17H19N5O3. The lowest BCUT2D eigenvalue weighted by Crippen LogP contribution is -2.58. The van der Waals surface area contributed by atoms with E-state index in [9.17, 15) is 15.0 Å². The fourth-order valence-corrected chi connectivity index (χ4v) is 3.54. The molecule has 8 nitrogen and oxygen atoms in total. The Kier molecular flexibility index (Phi) is 3.89. The van der Waals surface area contributed by atoms with E-state index in [1.807, 2.05) is 6.07 Å². The van der Waals surface area contributed by atoms with Gasteiger partial charge < -0.3 is 25.3 Å². The highest BCUT2D eigenvalue weighted by Gasteiger charge is 2.38. The average molecular weight is 341 g/mol. The number of nitrogens with zero attached hydrogens (tertiary/aromatic N) is 4. The number of aromatic nitrogens is 2. The van der Waals surface area contributed by atoms with Crippen LogP contribution in [0.3, 0.4) is 0 Å². The highest BCUT2D eigenvalue weighted by atomic mass is 16.4. The smallest absolute Gasteiger partial charge is 0.354 e. The van der Waals surface area contributed by atoms with Crippen molar-refractivity contribution in [2.75, 3.05) is 28.2 Å². The summed E-state index contributed by atoms with van der Waals surface area (Å²) in [5.41, 5.74) is 0.817. The standard InChI is InChI=1S/C17H19N5O3/c23-16(24)12-6-7-13-15(19-12)22(11-4-3-9-21(13)10-11)17(25)20-14-5-1-2-8-18-14/h1-2,5-8,11,17,25H,3-4,9-10H2,(H,18,20)(H,23,24)/t11-,17?/m0/s1. The number of carboxylic acids is 1. The first-order valence-corrected chi connectivity index (χ1v) is 8.27. The summed E-state index contributed by atoms with van der Waals surface area (Å²) in [6, 6.07) is 8.73. The zero-order valence-corrected chi connectivity index (χ0v) is 13.5. The maximum Gasteiger partial charge on any atom is 0.354 e. The second-order valence-electron chi connectivity index (χ2n) is 6.23. The SMILES string of the molecule is O=C(O)c1ccc2c(n1)N(C(O)Nc1ccccn1)[C@H]1CCCN2C1. The van der Waals surface area contributed by atoms with Gasteiger partial charge in [0.15, 0.2) is 11.5 Å². The summed E-state index contributed by atoms with van der Waals surface area (Å²) >= 11 is 0. The minimum atomic E-state index is -1.08. The van der Waals surface area contributed by atoms with E-state index in [0.29, 0.717) is 11.6 Å². The largest absolute Gasteiger partial charge is 0.477 e. The number of aliphatic hydroxyl groups excluding tert-OH is 1. The van der Waals surface area contributed by atoms with Gasteiger partial charge in [-0.3, -0.25) is 0 Å². The van der Waals surface area contributed by atoms with Gasteiger partial charge in [0.05, 0.1) is 11.7 Å². The molecule has 2 aromatic heterocycles. The minimum Gasteiger partial charge on any atom is -0.477 e. The van der Waals surface area contributed by atoms with Crippen LogP contribution in [0, 0.1) is 0 Å². The van der Waals surface area contributed by atoms with Crippen LogP contribution in [0.25, 0.3) is 0 Å². The predicted molar refractivity (Wildman–Crippen MR) is 92.8 cm³/mol. The van der Waals surface area contributed by atoms with Gasteiger partial charge in [-0.15, -0.1) is 0 Å². The van der Waals surface area contributed by atoms with Gasteiger partial charge in [0, 0.05) is 19.3 Å². The second-order valence-corrected chi connectivity index (χ2v) is 6.23. The van der Waals surface area contributed by atoms with Gasteiger partial charge in [-0.1, -0.05) is 6.07 Å². The normalized spacial score (nSPS) is 20.0. The van der Waals surface area contributed by atoms with E-state index in [-0.39, 0.29) is 11.7 Å². The van der Waals surface area contributed by atoms with Crippen LogP contribution in [-0.2, 0) is 0 Å². The number of pyridine rings is 2. The number of hydrogen-bond donors (Lipinski definition) is 3. The quantitative estimate of drug-likeness (QED) is 0.717. The Bertz CT molecular complexity index is 785. The van der Waals surface area contributed by atoms with Crippen molar-refractivity contribution in [3.63, 3.8) is 0 Å². The van der Waals surface area contributed by atoms with Gasteiger partial charge in [-0.2, -0.15) is 0 Å². The average Bonchev–Trinajstić information content (AvgIpc) is 2.62. The Labute approximate surface area is 144 Å². The van der Waals surface area contributed by atoms with Crippen LogP contribution < -0.4 is 15.1 Å². The van der Waals surface area contributed by atoms with Crippen LogP contribution in [0.2, 0.25) is 0 Å². The van der Waals surface area contributed by atoms with Gasteiger partial charge in [-0.25, -0.2) is 14.8 Å². The molecule has 3 N–H and O–H groups in total. The van der Waals surface area contributed by atoms with E-state index >= 15 is 0 Å². The summed E-state index contributed by atoms with van der Waals surface area (Å²) in [5, 5.41) is 23.0. The Morgan fingerprint density at radius 1 is 1.32 bits per heavy atom. The van der Waals surface area contributed by atoms with Crippen LogP contribution >= 0.6 is 0 Å². The van der Waals surface area contributed by atoms with Gasteiger partial charge in [0.1, 0.15) is 5.82 Å². The van der Waals surface area contributed by atoms with E-state index < -0.39 is 12.3 Å². The maximum atomic E-state index is 11.3. The molecule has 2 aliphatic heterocycles. The van der Waals surface area contributed by atoms with Crippen molar-refractivity contribution in [1.29, 1.82) is 0 Å². The number of nitrogens with one attached hydrogen (secondary N) is 1. The number of fused-ring (bicyclic) bond motifs is 4. The number of hydrogen-bond acceptors (Lipinski definition) is 7. The van der Waals surface area contributed by atoms with Crippen molar-refractivity contribution in [2.45, 2.75) is 25.2 Å². The van der Waals surface area contributed by atoms with Crippen molar-refractivity contribution in [1.82, 2.24) is 9.97 Å². The molecule has 0 spiro atoms. The Morgan fingerprint density at radius 2 is 2.20 bits per heavy atom. The van der Waals surface area contributed by atoms with E-state index in [2.05, 4.69) is 20.2 Å². The van der Waals surface area contributed by atoms with E-state index in [1.165, 1.54) is 6.07 Å². The summed E-state index contributed by atoms with van der Waals surface area (Å²) < 4.78 is 0. The highest BCUT2D eigenvalue weighted by molar-refractivity contribution is 5.87. The van der Waals surface area contributed by atoms with Crippen LogP contribution in [0.15, 0.2) is 36.5 Å². The van der Waals surface area contributed by atoms with Crippen LogP contribution in [0.5, 0.6) is 0 Å². The molecule has 0 aromatic carbocycles. The molecular weight excluding hydrogens is 322 g/mol. The molecule has 0 amide bonds. The number of piperidine rings is 1. The number of carbonyl (C=O) groups is 1. The Morgan fingerprint density at radius 3 is 2.96 bits per heavy atom. The first-order chi connectivity index (χ1) is 12.1. The van der Waals surface area contributed by atoms with Crippen LogP contribution in [0.4, 0.5) is 17.3 Å². The summed E-state index contributed by atoms with van der Waals surface area (Å²) in [7, 11) is 0. The molecule has 1 fully saturated rings.